The zero-order valence-corrected chi connectivity index (χ0v) is 13.4. The van der Waals surface area contributed by atoms with Crippen LogP contribution in [0.2, 0.25) is 0 Å². The van der Waals surface area contributed by atoms with E-state index in [-0.39, 0.29) is 6.10 Å². The molecule has 1 N–H and O–H groups in total. The maximum atomic E-state index is 9.58. The second-order valence-corrected chi connectivity index (χ2v) is 6.45. The molecule has 0 spiro atoms. The van der Waals surface area contributed by atoms with E-state index in [1.165, 1.54) is 5.56 Å². The highest BCUT2D eigenvalue weighted by molar-refractivity contribution is 9.10. The van der Waals surface area contributed by atoms with Crippen LogP contribution in [0.3, 0.4) is 0 Å². The average molecular weight is 359 g/mol. The molecule has 112 valence electrons. The van der Waals surface area contributed by atoms with Crippen molar-refractivity contribution in [1.29, 1.82) is 0 Å². The van der Waals surface area contributed by atoms with Gasteiger partial charge in [-0.1, -0.05) is 30.3 Å². The minimum absolute atomic E-state index is 0.260. The minimum atomic E-state index is -0.260. The number of anilines is 1. The summed E-state index contributed by atoms with van der Waals surface area (Å²) in [5.74, 6) is 0.870. The largest absolute Gasteiger partial charge is 0.389 e. The molecule has 6 heteroatoms. The summed E-state index contributed by atoms with van der Waals surface area (Å²) in [6.45, 7) is 1.98. The standard InChI is InChI=1S/C16H15BrN4O/c17-12-6-14-15(18-7-12)19-16(20-9-13(22)10-20)21(14)8-11-4-2-1-3-5-11/h1-7,13,22H,8-10H2. The number of hydrogen-bond donors (Lipinski definition) is 1. The first-order chi connectivity index (χ1) is 10.7. The van der Waals surface area contributed by atoms with Crippen LogP contribution >= 0.6 is 15.9 Å². The molecule has 0 bridgehead atoms. The Morgan fingerprint density at radius 1 is 1.23 bits per heavy atom. The molecule has 1 saturated heterocycles. The van der Waals surface area contributed by atoms with Gasteiger partial charge in [-0.3, -0.25) is 0 Å². The van der Waals surface area contributed by atoms with Crippen LogP contribution in [0.4, 0.5) is 5.95 Å². The number of aliphatic hydroxyl groups excluding tert-OH is 1. The van der Waals surface area contributed by atoms with E-state index < -0.39 is 0 Å². The van der Waals surface area contributed by atoms with E-state index in [4.69, 9.17) is 0 Å². The first kappa shape index (κ1) is 13.7. The van der Waals surface area contributed by atoms with Crippen molar-refractivity contribution in [2.75, 3.05) is 18.0 Å². The maximum Gasteiger partial charge on any atom is 0.208 e. The quantitative estimate of drug-likeness (QED) is 0.781. The second kappa shape index (κ2) is 5.37. The number of fused-ring (bicyclic) bond motifs is 1. The number of halogens is 1. The first-order valence-electron chi connectivity index (χ1n) is 7.19. The molecule has 1 aliphatic rings. The predicted molar refractivity (Wildman–Crippen MR) is 89.0 cm³/mol. The summed E-state index contributed by atoms with van der Waals surface area (Å²) < 4.78 is 3.10. The SMILES string of the molecule is OC1CN(c2nc3ncc(Br)cc3n2Cc2ccccc2)C1. The molecule has 0 atom stereocenters. The van der Waals surface area contributed by atoms with Gasteiger partial charge >= 0.3 is 0 Å². The van der Waals surface area contributed by atoms with Crippen molar-refractivity contribution < 1.29 is 5.11 Å². The fourth-order valence-corrected chi connectivity index (χ4v) is 3.07. The predicted octanol–water partition coefficient (Wildman–Crippen LogP) is 2.42. The topological polar surface area (TPSA) is 54.2 Å². The zero-order chi connectivity index (χ0) is 15.1. The molecule has 0 aliphatic carbocycles. The van der Waals surface area contributed by atoms with Gasteiger partial charge in [0.2, 0.25) is 5.95 Å². The number of imidazole rings is 1. The van der Waals surface area contributed by atoms with E-state index in [2.05, 4.69) is 47.5 Å². The Kier molecular flexibility index (Phi) is 3.35. The molecule has 22 heavy (non-hydrogen) atoms. The fraction of sp³-hybridized carbons (Fsp3) is 0.250. The molecular formula is C16H15BrN4O. The molecule has 5 nitrogen and oxygen atoms in total. The van der Waals surface area contributed by atoms with Crippen molar-refractivity contribution in [3.8, 4) is 0 Å². The molecule has 0 unspecified atom stereocenters. The van der Waals surface area contributed by atoms with Gasteiger partial charge in [-0.25, -0.2) is 4.98 Å². The van der Waals surface area contributed by atoms with Crippen LogP contribution in [0.25, 0.3) is 11.2 Å². The molecule has 0 amide bonds. The van der Waals surface area contributed by atoms with Gasteiger partial charge in [-0.15, -0.1) is 0 Å². The number of benzene rings is 1. The Labute approximate surface area is 136 Å². The summed E-state index contributed by atoms with van der Waals surface area (Å²) in [7, 11) is 0. The van der Waals surface area contributed by atoms with Crippen LogP contribution in [0.5, 0.6) is 0 Å². The van der Waals surface area contributed by atoms with E-state index in [1.807, 2.05) is 24.3 Å². The van der Waals surface area contributed by atoms with Crippen molar-refractivity contribution >= 4 is 33.0 Å². The van der Waals surface area contributed by atoms with Crippen LogP contribution in [-0.4, -0.2) is 38.8 Å². The number of rotatable bonds is 3. The van der Waals surface area contributed by atoms with Crippen molar-refractivity contribution in [2.24, 2.45) is 0 Å². The smallest absolute Gasteiger partial charge is 0.208 e. The zero-order valence-electron chi connectivity index (χ0n) is 11.9. The lowest BCUT2D eigenvalue weighted by molar-refractivity contribution is 0.140. The molecule has 0 radical (unpaired) electrons. The molecule has 3 aromatic rings. The molecule has 1 aliphatic heterocycles. The normalized spacial score (nSPS) is 15.3. The Hall–Kier alpha value is -1.92. The Bertz CT molecular complexity index is 812. The number of hydrogen-bond acceptors (Lipinski definition) is 4. The summed E-state index contributed by atoms with van der Waals surface area (Å²) in [4.78, 5) is 11.1. The number of nitrogens with zero attached hydrogens (tertiary/aromatic N) is 4. The Balaban J connectivity index is 1.81. The van der Waals surface area contributed by atoms with Gasteiger partial charge in [-0.05, 0) is 27.6 Å². The van der Waals surface area contributed by atoms with E-state index in [0.717, 1.165) is 28.1 Å². The van der Waals surface area contributed by atoms with Gasteiger partial charge in [0.25, 0.3) is 0 Å². The number of pyridine rings is 1. The van der Waals surface area contributed by atoms with Crippen LogP contribution < -0.4 is 4.90 Å². The lowest BCUT2D eigenvalue weighted by Gasteiger charge is -2.36. The molecule has 4 rings (SSSR count). The van der Waals surface area contributed by atoms with Crippen LogP contribution in [-0.2, 0) is 6.54 Å². The van der Waals surface area contributed by atoms with E-state index in [1.54, 1.807) is 6.20 Å². The van der Waals surface area contributed by atoms with Crippen molar-refractivity contribution in [3.63, 3.8) is 0 Å². The van der Waals surface area contributed by atoms with E-state index in [9.17, 15) is 5.11 Å². The van der Waals surface area contributed by atoms with Crippen molar-refractivity contribution in [1.82, 2.24) is 14.5 Å². The van der Waals surface area contributed by atoms with Gasteiger partial charge in [0, 0.05) is 23.8 Å². The van der Waals surface area contributed by atoms with Crippen molar-refractivity contribution in [2.45, 2.75) is 12.6 Å². The van der Waals surface area contributed by atoms with E-state index >= 15 is 0 Å². The van der Waals surface area contributed by atoms with Gasteiger partial charge < -0.3 is 14.6 Å². The summed E-state index contributed by atoms with van der Waals surface area (Å²) in [6.07, 6.45) is 1.50. The number of β-amino-alcohol motifs (C(OH)–C–C–N with tert-alkyl or cyclic N) is 1. The minimum Gasteiger partial charge on any atom is -0.389 e. The van der Waals surface area contributed by atoms with Crippen molar-refractivity contribution in [3.05, 3.63) is 52.6 Å². The molecule has 1 aromatic carbocycles. The molecular weight excluding hydrogens is 344 g/mol. The summed E-state index contributed by atoms with van der Waals surface area (Å²) >= 11 is 3.48. The Morgan fingerprint density at radius 3 is 2.73 bits per heavy atom. The van der Waals surface area contributed by atoms with E-state index in [0.29, 0.717) is 13.1 Å². The Morgan fingerprint density at radius 2 is 2.00 bits per heavy atom. The highest BCUT2D eigenvalue weighted by Gasteiger charge is 2.29. The second-order valence-electron chi connectivity index (χ2n) is 5.54. The van der Waals surface area contributed by atoms with Crippen LogP contribution in [0.15, 0.2) is 47.1 Å². The van der Waals surface area contributed by atoms with Crippen LogP contribution in [0, 0.1) is 0 Å². The first-order valence-corrected chi connectivity index (χ1v) is 7.99. The number of aliphatic hydroxyl groups is 1. The van der Waals surface area contributed by atoms with Crippen LogP contribution in [0.1, 0.15) is 5.56 Å². The summed E-state index contributed by atoms with van der Waals surface area (Å²) in [5.41, 5.74) is 2.94. The lowest BCUT2D eigenvalue weighted by atomic mass is 10.2. The third-order valence-electron chi connectivity index (χ3n) is 3.88. The molecule has 3 heterocycles. The summed E-state index contributed by atoms with van der Waals surface area (Å²) in [6, 6.07) is 12.3. The monoisotopic (exact) mass is 358 g/mol. The molecule has 1 fully saturated rings. The third kappa shape index (κ3) is 2.38. The fourth-order valence-electron chi connectivity index (χ4n) is 2.75. The average Bonchev–Trinajstić information content (AvgIpc) is 2.83. The lowest BCUT2D eigenvalue weighted by Crippen LogP contribution is -2.51. The van der Waals surface area contributed by atoms with Gasteiger partial charge in [0.1, 0.15) is 0 Å². The highest BCUT2D eigenvalue weighted by Crippen LogP contribution is 2.27. The number of aromatic nitrogens is 3. The van der Waals surface area contributed by atoms with Gasteiger partial charge in [0.05, 0.1) is 18.2 Å². The molecule has 2 aromatic heterocycles. The molecule has 0 saturated carbocycles. The summed E-state index contributed by atoms with van der Waals surface area (Å²) in [5, 5.41) is 9.58. The van der Waals surface area contributed by atoms with Gasteiger partial charge in [0.15, 0.2) is 5.65 Å². The maximum absolute atomic E-state index is 9.58. The highest BCUT2D eigenvalue weighted by atomic mass is 79.9. The third-order valence-corrected chi connectivity index (χ3v) is 4.31. The van der Waals surface area contributed by atoms with Gasteiger partial charge in [-0.2, -0.15) is 4.98 Å².